The van der Waals surface area contributed by atoms with E-state index in [1.54, 1.807) is 18.2 Å². The normalized spacial score (nSPS) is 11.1. The Bertz CT molecular complexity index is 1060. The van der Waals surface area contributed by atoms with Crippen molar-refractivity contribution in [2.45, 2.75) is 0 Å². The minimum absolute atomic E-state index is 0.278. The molecule has 3 aromatic carbocycles. The molecule has 0 amide bonds. The fourth-order valence-corrected chi connectivity index (χ4v) is 3.04. The quantitative estimate of drug-likeness (QED) is 0.410. The summed E-state index contributed by atoms with van der Waals surface area (Å²) in [5.74, 6) is -0.278. The third-order valence-corrected chi connectivity index (χ3v) is 4.28. The molecule has 118 valence electrons. The van der Waals surface area contributed by atoms with E-state index in [9.17, 15) is 4.39 Å². The van der Waals surface area contributed by atoms with E-state index in [1.807, 2.05) is 30.3 Å². The van der Waals surface area contributed by atoms with Gasteiger partial charge >= 0.3 is 0 Å². The zero-order chi connectivity index (χ0) is 16.7. The molecule has 0 aliphatic rings. The van der Waals surface area contributed by atoms with Gasteiger partial charge in [0.2, 0.25) is 0 Å². The lowest BCUT2D eigenvalue weighted by atomic mass is 10.1. The average Bonchev–Trinajstić information content (AvgIpc) is 2.57. The molecule has 1 heterocycles. The molecular weight excluding hydrogens is 346 g/mol. The number of hydrogen-bond donors (Lipinski definition) is 1. The number of anilines is 2. The first-order valence-corrected chi connectivity index (χ1v) is 8.07. The van der Waals surface area contributed by atoms with Gasteiger partial charge < -0.3 is 5.32 Å². The largest absolute Gasteiger partial charge is 0.354 e. The van der Waals surface area contributed by atoms with Crippen LogP contribution in [0.3, 0.4) is 0 Å². The molecule has 0 fully saturated rings. The van der Waals surface area contributed by atoms with Gasteiger partial charge in [0.1, 0.15) is 5.82 Å². The van der Waals surface area contributed by atoms with E-state index >= 15 is 0 Å². The highest BCUT2D eigenvalue weighted by Gasteiger charge is 2.11. The number of fused-ring (bicyclic) bond motifs is 2. The lowest BCUT2D eigenvalue weighted by Gasteiger charge is -2.14. The summed E-state index contributed by atoms with van der Waals surface area (Å²) in [6.45, 7) is 0. The standard InChI is InChI=1S/C19H11Cl2FN2/c20-11-2-8-17-16(9-11)19(23-14-5-3-13(22)4-6-14)15-7-1-12(21)10-18(15)24-17/h1-10H,(H,23,24). The van der Waals surface area contributed by atoms with Crippen molar-refractivity contribution in [2.75, 3.05) is 5.32 Å². The third kappa shape index (κ3) is 2.77. The molecule has 4 rings (SSSR count). The fourth-order valence-electron chi connectivity index (χ4n) is 2.70. The van der Waals surface area contributed by atoms with Crippen LogP contribution in [0.15, 0.2) is 60.7 Å². The SMILES string of the molecule is Fc1ccc(Nc2c3ccc(Cl)cc3nc3ccc(Cl)cc23)cc1. The minimum atomic E-state index is -0.278. The van der Waals surface area contributed by atoms with E-state index in [2.05, 4.69) is 10.3 Å². The van der Waals surface area contributed by atoms with E-state index in [-0.39, 0.29) is 5.82 Å². The monoisotopic (exact) mass is 356 g/mol. The summed E-state index contributed by atoms with van der Waals surface area (Å²) >= 11 is 12.3. The molecule has 24 heavy (non-hydrogen) atoms. The summed E-state index contributed by atoms with van der Waals surface area (Å²) in [6, 6.07) is 17.3. The van der Waals surface area contributed by atoms with Gasteiger partial charge in [-0.25, -0.2) is 9.37 Å². The topological polar surface area (TPSA) is 24.9 Å². The van der Waals surface area contributed by atoms with Crippen molar-refractivity contribution in [3.63, 3.8) is 0 Å². The Labute approximate surface area is 147 Å². The summed E-state index contributed by atoms with van der Waals surface area (Å²) < 4.78 is 13.2. The fraction of sp³-hybridized carbons (Fsp3) is 0. The highest BCUT2D eigenvalue weighted by molar-refractivity contribution is 6.32. The van der Waals surface area contributed by atoms with Crippen LogP contribution in [0.4, 0.5) is 15.8 Å². The number of rotatable bonds is 2. The van der Waals surface area contributed by atoms with Crippen LogP contribution in [-0.4, -0.2) is 4.98 Å². The lowest BCUT2D eigenvalue weighted by molar-refractivity contribution is 0.628. The van der Waals surface area contributed by atoms with Gasteiger partial charge in [-0.1, -0.05) is 23.2 Å². The summed E-state index contributed by atoms with van der Waals surface area (Å²) in [7, 11) is 0. The number of aromatic nitrogens is 1. The van der Waals surface area contributed by atoms with Crippen molar-refractivity contribution >= 4 is 56.4 Å². The lowest BCUT2D eigenvalue weighted by Crippen LogP contribution is -1.95. The first kappa shape index (κ1) is 15.2. The van der Waals surface area contributed by atoms with Crippen molar-refractivity contribution in [3.8, 4) is 0 Å². The maximum Gasteiger partial charge on any atom is 0.123 e. The van der Waals surface area contributed by atoms with Crippen LogP contribution < -0.4 is 5.32 Å². The number of nitrogens with zero attached hydrogens (tertiary/aromatic N) is 1. The van der Waals surface area contributed by atoms with Crippen LogP contribution in [0.5, 0.6) is 0 Å². The Hall–Kier alpha value is -2.36. The second kappa shape index (κ2) is 5.93. The van der Waals surface area contributed by atoms with Gasteiger partial charge in [-0.3, -0.25) is 0 Å². The molecule has 0 atom stereocenters. The van der Waals surface area contributed by atoms with Crippen LogP contribution in [0.2, 0.25) is 10.0 Å². The summed E-state index contributed by atoms with van der Waals surface area (Å²) in [6.07, 6.45) is 0. The van der Waals surface area contributed by atoms with Crippen molar-refractivity contribution in [1.82, 2.24) is 4.98 Å². The molecular formula is C19H11Cl2FN2. The Morgan fingerprint density at radius 1 is 0.750 bits per heavy atom. The van der Waals surface area contributed by atoms with Crippen LogP contribution in [0.1, 0.15) is 0 Å². The van der Waals surface area contributed by atoms with E-state index in [0.717, 1.165) is 33.2 Å². The van der Waals surface area contributed by atoms with Gasteiger partial charge in [-0.15, -0.1) is 0 Å². The highest BCUT2D eigenvalue weighted by atomic mass is 35.5. The van der Waals surface area contributed by atoms with Gasteiger partial charge in [0, 0.05) is 26.5 Å². The number of benzene rings is 3. The Balaban J connectivity index is 2.00. The van der Waals surface area contributed by atoms with Gasteiger partial charge in [-0.05, 0) is 60.7 Å². The molecule has 5 heteroatoms. The zero-order valence-corrected chi connectivity index (χ0v) is 13.9. The Kier molecular flexibility index (Phi) is 3.75. The number of pyridine rings is 1. The minimum Gasteiger partial charge on any atom is -0.354 e. The van der Waals surface area contributed by atoms with Crippen molar-refractivity contribution in [3.05, 3.63) is 76.5 Å². The molecule has 4 aromatic rings. The second-order valence-electron chi connectivity index (χ2n) is 5.44. The molecule has 1 aromatic heterocycles. The summed E-state index contributed by atoms with van der Waals surface area (Å²) in [5.41, 5.74) is 3.22. The first-order chi connectivity index (χ1) is 11.6. The Morgan fingerprint density at radius 3 is 2.25 bits per heavy atom. The number of hydrogen-bond acceptors (Lipinski definition) is 2. The first-order valence-electron chi connectivity index (χ1n) is 7.31. The molecule has 0 radical (unpaired) electrons. The maximum absolute atomic E-state index is 13.2. The molecule has 0 aliphatic heterocycles. The number of halogens is 3. The van der Waals surface area contributed by atoms with Crippen LogP contribution in [0, 0.1) is 5.82 Å². The summed E-state index contributed by atoms with van der Waals surface area (Å²) in [4.78, 5) is 4.65. The second-order valence-corrected chi connectivity index (χ2v) is 6.31. The van der Waals surface area contributed by atoms with Crippen LogP contribution in [0.25, 0.3) is 21.8 Å². The van der Waals surface area contributed by atoms with Crippen molar-refractivity contribution < 1.29 is 4.39 Å². The zero-order valence-electron chi connectivity index (χ0n) is 12.4. The predicted molar refractivity (Wildman–Crippen MR) is 99.0 cm³/mol. The van der Waals surface area contributed by atoms with E-state index in [4.69, 9.17) is 23.2 Å². The molecule has 2 nitrogen and oxygen atoms in total. The molecule has 0 spiro atoms. The van der Waals surface area contributed by atoms with Gasteiger partial charge in [-0.2, -0.15) is 0 Å². The summed E-state index contributed by atoms with van der Waals surface area (Å²) in [5, 5.41) is 6.41. The van der Waals surface area contributed by atoms with Gasteiger partial charge in [0.25, 0.3) is 0 Å². The molecule has 0 aliphatic carbocycles. The molecule has 0 saturated heterocycles. The van der Waals surface area contributed by atoms with Gasteiger partial charge in [0.15, 0.2) is 0 Å². The van der Waals surface area contributed by atoms with E-state index < -0.39 is 0 Å². The molecule has 0 bridgehead atoms. The molecule has 1 N–H and O–H groups in total. The smallest absolute Gasteiger partial charge is 0.123 e. The van der Waals surface area contributed by atoms with Crippen LogP contribution in [-0.2, 0) is 0 Å². The van der Waals surface area contributed by atoms with E-state index in [1.165, 1.54) is 12.1 Å². The van der Waals surface area contributed by atoms with Crippen molar-refractivity contribution in [1.29, 1.82) is 0 Å². The Morgan fingerprint density at radius 2 is 1.46 bits per heavy atom. The number of nitrogens with one attached hydrogen (secondary N) is 1. The highest BCUT2D eigenvalue weighted by Crippen LogP contribution is 2.35. The predicted octanol–water partition coefficient (Wildman–Crippen LogP) is 6.58. The van der Waals surface area contributed by atoms with Gasteiger partial charge in [0.05, 0.1) is 16.7 Å². The molecule has 0 saturated carbocycles. The maximum atomic E-state index is 13.2. The average molecular weight is 357 g/mol. The van der Waals surface area contributed by atoms with E-state index in [0.29, 0.717) is 10.0 Å². The third-order valence-electron chi connectivity index (χ3n) is 3.81. The van der Waals surface area contributed by atoms with Crippen LogP contribution >= 0.6 is 23.2 Å². The molecule has 0 unspecified atom stereocenters. The van der Waals surface area contributed by atoms with Crippen molar-refractivity contribution in [2.24, 2.45) is 0 Å².